The standard InChI is InChI=1S/C24H32N4O2S/c1-19-6-8-21(9-7-19)26-23(29)17-31-18-24(30)27(2)22-11-15-28(16-12-22)14-10-20-5-3-4-13-25-20/h3-9,13,22H,10-12,14-18H2,1-2H3,(H,26,29). The van der Waals surface area contributed by atoms with E-state index in [-0.39, 0.29) is 23.6 Å². The molecule has 2 aromatic rings. The number of pyridine rings is 1. The number of thioether (sulfide) groups is 1. The number of aryl methyl sites for hydroxylation is 1. The summed E-state index contributed by atoms with van der Waals surface area (Å²) >= 11 is 1.37. The second-order valence-electron chi connectivity index (χ2n) is 8.06. The van der Waals surface area contributed by atoms with Crippen LogP contribution in [-0.2, 0) is 16.0 Å². The van der Waals surface area contributed by atoms with Crippen molar-refractivity contribution in [3.05, 3.63) is 59.9 Å². The van der Waals surface area contributed by atoms with Crippen LogP contribution in [0.1, 0.15) is 24.1 Å². The number of nitrogens with one attached hydrogen (secondary N) is 1. The fourth-order valence-corrected chi connectivity index (χ4v) is 4.46. The first-order valence-electron chi connectivity index (χ1n) is 10.8. The Kier molecular flexibility index (Phi) is 8.91. The van der Waals surface area contributed by atoms with Crippen molar-refractivity contribution in [1.82, 2.24) is 14.8 Å². The molecule has 31 heavy (non-hydrogen) atoms. The number of piperidine rings is 1. The first kappa shape index (κ1) is 23.3. The topological polar surface area (TPSA) is 65.5 Å². The van der Waals surface area contributed by atoms with Gasteiger partial charge in [-0.3, -0.25) is 14.6 Å². The average molecular weight is 441 g/mol. The molecule has 1 saturated heterocycles. The maximum absolute atomic E-state index is 12.6. The Morgan fingerprint density at radius 2 is 1.87 bits per heavy atom. The molecular formula is C24H32N4O2S. The largest absolute Gasteiger partial charge is 0.342 e. The zero-order chi connectivity index (χ0) is 22.1. The molecule has 2 heterocycles. The lowest BCUT2D eigenvalue weighted by Crippen LogP contribution is -2.46. The summed E-state index contributed by atoms with van der Waals surface area (Å²) in [5.74, 6) is 0.627. The first-order chi connectivity index (χ1) is 15.0. The molecule has 0 spiro atoms. The van der Waals surface area contributed by atoms with Gasteiger partial charge in [-0.05, 0) is 44.0 Å². The third-order valence-corrected chi connectivity index (χ3v) is 6.62. The van der Waals surface area contributed by atoms with Gasteiger partial charge in [0.05, 0.1) is 11.5 Å². The molecule has 1 aliphatic heterocycles. The average Bonchev–Trinajstić information content (AvgIpc) is 2.79. The Hall–Kier alpha value is -2.38. The number of aromatic nitrogens is 1. The first-order valence-corrected chi connectivity index (χ1v) is 12.0. The van der Waals surface area contributed by atoms with Gasteiger partial charge in [-0.15, -0.1) is 11.8 Å². The Morgan fingerprint density at radius 1 is 1.13 bits per heavy atom. The predicted molar refractivity (Wildman–Crippen MR) is 127 cm³/mol. The van der Waals surface area contributed by atoms with Gasteiger partial charge >= 0.3 is 0 Å². The van der Waals surface area contributed by atoms with E-state index in [9.17, 15) is 9.59 Å². The van der Waals surface area contributed by atoms with Crippen molar-refractivity contribution in [2.45, 2.75) is 32.2 Å². The van der Waals surface area contributed by atoms with Crippen LogP contribution in [0.3, 0.4) is 0 Å². The summed E-state index contributed by atoms with van der Waals surface area (Å²) in [5, 5.41) is 2.87. The number of rotatable bonds is 9. The predicted octanol–water partition coefficient (Wildman–Crippen LogP) is 3.23. The van der Waals surface area contributed by atoms with E-state index in [0.717, 1.165) is 55.8 Å². The second-order valence-corrected chi connectivity index (χ2v) is 9.04. The summed E-state index contributed by atoms with van der Waals surface area (Å²) in [6, 6.07) is 14.0. The van der Waals surface area contributed by atoms with Crippen LogP contribution in [0.15, 0.2) is 48.7 Å². The summed E-state index contributed by atoms with van der Waals surface area (Å²) in [6.07, 6.45) is 4.78. The number of hydrogen-bond donors (Lipinski definition) is 1. The van der Waals surface area contributed by atoms with E-state index < -0.39 is 0 Å². The molecule has 2 amide bonds. The molecule has 1 aliphatic rings. The van der Waals surface area contributed by atoms with Crippen molar-refractivity contribution in [1.29, 1.82) is 0 Å². The molecule has 0 atom stereocenters. The Morgan fingerprint density at radius 3 is 2.55 bits per heavy atom. The van der Waals surface area contributed by atoms with Gasteiger partial charge in [0, 0.05) is 56.7 Å². The van der Waals surface area contributed by atoms with Crippen molar-refractivity contribution in [2.24, 2.45) is 0 Å². The van der Waals surface area contributed by atoms with Gasteiger partial charge < -0.3 is 15.1 Å². The smallest absolute Gasteiger partial charge is 0.234 e. The fourth-order valence-electron chi connectivity index (χ4n) is 3.72. The van der Waals surface area contributed by atoms with Crippen LogP contribution in [0.5, 0.6) is 0 Å². The maximum atomic E-state index is 12.6. The maximum Gasteiger partial charge on any atom is 0.234 e. The molecule has 1 N–H and O–H groups in total. The van der Waals surface area contributed by atoms with E-state index in [1.165, 1.54) is 11.8 Å². The van der Waals surface area contributed by atoms with Gasteiger partial charge in [-0.25, -0.2) is 0 Å². The molecule has 0 saturated carbocycles. The highest BCUT2D eigenvalue weighted by molar-refractivity contribution is 8.00. The summed E-state index contributed by atoms with van der Waals surface area (Å²) in [7, 11) is 1.89. The van der Waals surface area contributed by atoms with E-state index in [1.54, 1.807) is 0 Å². The second kappa shape index (κ2) is 11.9. The monoisotopic (exact) mass is 440 g/mol. The van der Waals surface area contributed by atoms with Crippen molar-refractivity contribution in [3.8, 4) is 0 Å². The lowest BCUT2D eigenvalue weighted by Gasteiger charge is -2.36. The van der Waals surface area contributed by atoms with Gasteiger partial charge in [-0.1, -0.05) is 23.8 Å². The molecule has 1 aromatic heterocycles. The molecule has 0 unspecified atom stereocenters. The highest BCUT2D eigenvalue weighted by atomic mass is 32.2. The fraction of sp³-hybridized carbons (Fsp3) is 0.458. The van der Waals surface area contributed by atoms with Crippen LogP contribution in [0.2, 0.25) is 0 Å². The molecule has 3 rings (SSSR count). The van der Waals surface area contributed by atoms with Gasteiger partial charge in [0.25, 0.3) is 0 Å². The lowest BCUT2D eigenvalue weighted by atomic mass is 10.0. The molecule has 1 aromatic carbocycles. The summed E-state index contributed by atoms with van der Waals surface area (Å²) in [4.78, 5) is 33.4. The number of carbonyl (C=O) groups is 2. The summed E-state index contributed by atoms with van der Waals surface area (Å²) in [6.45, 7) is 5.02. The minimum absolute atomic E-state index is 0.0782. The van der Waals surface area contributed by atoms with E-state index in [0.29, 0.717) is 5.75 Å². The van der Waals surface area contributed by atoms with Gasteiger partial charge in [0.15, 0.2) is 0 Å². The third kappa shape index (κ3) is 7.67. The molecule has 0 aliphatic carbocycles. The van der Waals surface area contributed by atoms with Crippen molar-refractivity contribution < 1.29 is 9.59 Å². The lowest BCUT2D eigenvalue weighted by molar-refractivity contribution is -0.129. The summed E-state index contributed by atoms with van der Waals surface area (Å²) in [5.41, 5.74) is 3.06. The summed E-state index contributed by atoms with van der Waals surface area (Å²) < 4.78 is 0. The minimum Gasteiger partial charge on any atom is -0.342 e. The SMILES string of the molecule is Cc1ccc(NC(=O)CSCC(=O)N(C)C2CCN(CCc3ccccn3)CC2)cc1. The number of hydrogen-bond acceptors (Lipinski definition) is 5. The molecule has 7 heteroatoms. The number of amides is 2. The Balaban J connectivity index is 1.32. The molecule has 0 bridgehead atoms. The molecule has 1 fully saturated rings. The van der Waals surface area contributed by atoms with Gasteiger partial charge in [-0.2, -0.15) is 0 Å². The van der Waals surface area contributed by atoms with Gasteiger partial charge in [0.2, 0.25) is 11.8 Å². The zero-order valence-corrected chi connectivity index (χ0v) is 19.2. The molecule has 166 valence electrons. The minimum atomic E-state index is -0.0782. The van der Waals surface area contributed by atoms with Crippen molar-refractivity contribution in [3.63, 3.8) is 0 Å². The van der Waals surface area contributed by atoms with Crippen LogP contribution in [-0.4, -0.2) is 70.8 Å². The number of likely N-dealkylation sites (tertiary alicyclic amines) is 1. The number of benzene rings is 1. The highest BCUT2D eigenvalue weighted by Gasteiger charge is 2.25. The van der Waals surface area contributed by atoms with E-state index >= 15 is 0 Å². The quantitative estimate of drug-likeness (QED) is 0.649. The van der Waals surface area contributed by atoms with Crippen molar-refractivity contribution in [2.75, 3.05) is 43.5 Å². The molecular weight excluding hydrogens is 408 g/mol. The van der Waals surface area contributed by atoms with Crippen LogP contribution in [0.25, 0.3) is 0 Å². The third-order valence-electron chi connectivity index (χ3n) is 5.70. The number of nitrogens with zero attached hydrogens (tertiary/aromatic N) is 3. The number of carbonyl (C=O) groups excluding carboxylic acids is 2. The van der Waals surface area contributed by atoms with Crippen LogP contribution in [0, 0.1) is 6.92 Å². The van der Waals surface area contributed by atoms with Crippen LogP contribution < -0.4 is 5.32 Å². The van der Waals surface area contributed by atoms with E-state index in [2.05, 4.69) is 21.3 Å². The van der Waals surface area contributed by atoms with E-state index in [4.69, 9.17) is 0 Å². The zero-order valence-electron chi connectivity index (χ0n) is 18.4. The molecule has 0 radical (unpaired) electrons. The van der Waals surface area contributed by atoms with E-state index in [1.807, 2.05) is 61.5 Å². The van der Waals surface area contributed by atoms with Crippen LogP contribution >= 0.6 is 11.8 Å². The van der Waals surface area contributed by atoms with Crippen molar-refractivity contribution >= 4 is 29.3 Å². The van der Waals surface area contributed by atoms with Gasteiger partial charge in [0.1, 0.15) is 0 Å². The number of anilines is 1. The molecule has 6 nitrogen and oxygen atoms in total. The normalized spacial score (nSPS) is 14.9. The Labute approximate surface area is 189 Å². The Bertz CT molecular complexity index is 836. The highest BCUT2D eigenvalue weighted by Crippen LogP contribution is 2.17. The van der Waals surface area contributed by atoms with Crippen LogP contribution in [0.4, 0.5) is 5.69 Å².